The Hall–Kier alpha value is -2.05. The molecule has 0 bridgehead atoms. The van der Waals surface area contributed by atoms with Crippen LogP contribution in [0.1, 0.15) is 39.7 Å². The normalized spacial score (nSPS) is 17.6. The van der Waals surface area contributed by atoms with Gasteiger partial charge in [-0.2, -0.15) is 5.10 Å². The van der Waals surface area contributed by atoms with Crippen molar-refractivity contribution < 1.29 is 14.7 Å². The Morgan fingerprint density at radius 2 is 2.15 bits per heavy atom. The molecule has 0 aliphatic heterocycles. The molecule has 20 heavy (non-hydrogen) atoms. The maximum atomic E-state index is 11.9. The minimum absolute atomic E-state index is 0.00383. The number of nitrogens with one attached hydrogen (secondary N) is 2. The third-order valence-corrected chi connectivity index (χ3v) is 3.60. The van der Waals surface area contributed by atoms with Crippen molar-refractivity contribution in [1.29, 1.82) is 0 Å². The van der Waals surface area contributed by atoms with Crippen LogP contribution in [0.5, 0.6) is 0 Å². The Morgan fingerprint density at radius 1 is 1.50 bits per heavy atom. The predicted molar refractivity (Wildman–Crippen MR) is 73.5 cm³/mol. The number of carboxylic acids is 1. The predicted octanol–water partition coefficient (Wildman–Crippen LogP) is 1.84. The smallest absolute Gasteiger partial charge is 0.329 e. The first-order chi connectivity index (χ1) is 9.33. The molecular formula is C13H20N4O3. The molecule has 0 saturated heterocycles. The van der Waals surface area contributed by atoms with Gasteiger partial charge < -0.3 is 15.7 Å². The number of amides is 2. The van der Waals surface area contributed by atoms with Crippen LogP contribution in [0.2, 0.25) is 0 Å². The van der Waals surface area contributed by atoms with E-state index < -0.39 is 17.5 Å². The SMILES string of the molecule is CC(C)n1cc(NC(=O)NC(C)(C(=O)O)C2CC2)cn1. The summed E-state index contributed by atoms with van der Waals surface area (Å²) in [6.45, 7) is 5.50. The fourth-order valence-electron chi connectivity index (χ4n) is 2.07. The molecule has 3 N–H and O–H groups in total. The van der Waals surface area contributed by atoms with Gasteiger partial charge >= 0.3 is 12.0 Å². The van der Waals surface area contributed by atoms with Gasteiger partial charge in [-0.15, -0.1) is 0 Å². The van der Waals surface area contributed by atoms with Crippen molar-refractivity contribution in [3.05, 3.63) is 12.4 Å². The molecule has 1 aliphatic rings. The molecule has 0 spiro atoms. The van der Waals surface area contributed by atoms with Gasteiger partial charge in [-0.1, -0.05) is 0 Å². The van der Waals surface area contributed by atoms with Crippen LogP contribution < -0.4 is 10.6 Å². The van der Waals surface area contributed by atoms with Crippen LogP contribution in [0.25, 0.3) is 0 Å². The summed E-state index contributed by atoms with van der Waals surface area (Å²) in [7, 11) is 0. The monoisotopic (exact) mass is 280 g/mol. The van der Waals surface area contributed by atoms with Gasteiger partial charge in [0, 0.05) is 12.2 Å². The van der Waals surface area contributed by atoms with E-state index in [1.165, 1.54) is 6.20 Å². The summed E-state index contributed by atoms with van der Waals surface area (Å²) in [5, 5.41) is 18.6. The standard InChI is InChI=1S/C13H20N4O3/c1-8(2)17-7-10(6-14-17)15-12(20)16-13(3,11(18)19)9-4-5-9/h6-9H,4-5H2,1-3H3,(H,18,19)(H2,15,16,20). The molecule has 110 valence electrons. The number of anilines is 1. The lowest BCUT2D eigenvalue weighted by Crippen LogP contribution is -2.55. The molecule has 1 aromatic rings. The molecule has 2 amide bonds. The molecule has 1 saturated carbocycles. The van der Waals surface area contributed by atoms with E-state index in [1.54, 1.807) is 17.8 Å². The van der Waals surface area contributed by atoms with Crippen LogP contribution in [0.3, 0.4) is 0 Å². The van der Waals surface area contributed by atoms with Crippen LogP contribution in [0.15, 0.2) is 12.4 Å². The number of hydrogen-bond donors (Lipinski definition) is 3. The number of carbonyl (C=O) groups excluding carboxylic acids is 1. The van der Waals surface area contributed by atoms with Gasteiger partial charge in [0.15, 0.2) is 0 Å². The highest BCUT2D eigenvalue weighted by atomic mass is 16.4. The van der Waals surface area contributed by atoms with Crippen molar-refractivity contribution >= 4 is 17.7 Å². The van der Waals surface area contributed by atoms with Gasteiger partial charge in [-0.05, 0) is 39.5 Å². The van der Waals surface area contributed by atoms with Crippen molar-refractivity contribution in [3.8, 4) is 0 Å². The Labute approximate surface area is 117 Å². The van der Waals surface area contributed by atoms with E-state index in [9.17, 15) is 14.7 Å². The van der Waals surface area contributed by atoms with Crippen molar-refractivity contribution in [2.75, 3.05) is 5.32 Å². The third-order valence-electron chi connectivity index (χ3n) is 3.60. The van der Waals surface area contributed by atoms with Gasteiger partial charge in [0.2, 0.25) is 0 Å². The fourth-order valence-corrected chi connectivity index (χ4v) is 2.07. The lowest BCUT2D eigenvalue weighted by Gasteiger charge is -2.25. The maximum absolute atomic E-state index is 11.9. The molecule has 1 heterocycles. The van der Waals surface area contributed by atoms with E-state index in [0.29, 0.717) is 5.69 Å². The minimum Gasteiger partial charge on any atom is -0.480 e. The highest BCUT2D eigenvalue weighted by molar-refractivity contribution is 5.93. The summed E-state index contributed by atoms with van der Waals surface area (Å²) < 4.78 is 1.72. The molecule has 1 atom stereocenters. The molecule has 7 heteroatoms. The zero-order valence-corrected chi connectivity index (χ0v) is 11.9. The average molecular weight is 280 g/mol. The van der Waals surface area contributed by atoms with Crippen LogP contribution in [0, 0.1) is 5.92 Å². The molecule has 1 aromatic heterocycles. The van der Waals surface area contributed by atoms with Crippen LogP contribution in [-0.4, -0.2) is 32.4 Å². The lowest BCUT2D eigenvalue weighted by molar-refractivity contribution is -0.144. The van der Waals surface area contributed by atoms with Gasteiger partial charge in [-0.25, -0.2) is 9.59 Å². The fraction of sp³-hybridized carbons (Fsp3) is 0.615. The Bertz CT molecular complexity index is 521. The number of carbonyl (C=O) groups is 2. The molecule has 1 fully saturated rings. The number of rotatable bonds is 5. The number of nitrogens with zero attached hydrogens (tertiary/aromatic N) is 2. The quantitative estimate of drug-likeness (QED) is 0.766. The van der Waals surface area contributed by atoms with Gasteiger partial charge in [0.25, 0.3) is 0 Å². The highest BCUT2D eigenvalue weighted by Crippen LogP contribution is 2.39. The van der Waals surface area contributed by atoms with Crippen LogP contribution >= 0.6 is 0 Å². The number of carboxylic acid groups (broad SMARTS) is 1. The van der Waals surface area contributed by atoms with Crippen LogP contribution in [-0.2, 0) is 4.79 Å². The first-order valence-corrected chi connectivity index (χ1v) is 6.69. The first-order valence-electron chi connectivity index (χ1n) is 6.69. The summed E-state index contributed by atoms with van der Waals surface area (Å²) in [4.78, 5) is 23.2. The Balaban J connectivity index is 1.99. The number of hydrogen-bond acceptors (Lipinski definition) is 3. The van der Waals surface area contributed by atoms with E-state index in [-0.39, 0.29) is 12.0 Å². The Kier molecular flexibility index (Phi) is 3.69. The molecular weight excluding hydrogens is 260 g/mol. The largest absolute Gasteiger partial charge is 0.480 e. The summed E-state index contributed by atoms with van der Waals surface area (Å²) in [5.41, 5.74) is -0.669. The second kappa shape index (κ2) is 5.15. The summed E-state index contributed by atoms with van der Waals surface area (Å²) in [5.74, 6) is -1.00. The maximum Gasteiger partial charge on any atom is 0.329 e. The van der Waals surface area contributed by atoms with E-state index in [0.717, 1.165) is 12.8 Å². The van der Waals surface area contributed by atoms with Crippen molar-refractivity contribution in [3.63, 3.8) is 0 Å². The summed E-state index contributed by atoms with van der Waals surface area (Å²) in [6.07, 6.45) is 4.90. The second-order valence-corrected chi connectivity index (χ2v) is 5.66. The number of aromatic nitrogens is 2. The lowest BCUT2D eigenvalue weighted by atomic mass is 9.96. The topological polar surface area (TPSA) is 96.2 Å². The van der Waals surface area contributed by atoms with Gasteiger partial charge in [0.05, 0.1) is 11.9 Å². The molecule has 0 radical (unpaired) electrons. The molecule has 2 rings (SSSR count). The first kappa shape index (κ1) is 14.4. The zero-order chi connectivity index (χ0) is 14.9. The van der Waals surface area contributed by atoms with E-state index in [4.69, 9.17) is 0 Å². The summed E-state index contributed by atoms with van der Waals surface area (Å²) >= 11 is 0. The van der Waals surface area contributed by atoms with E-state index in [2.05, 4.69) is 15.7 Å². The van der Waals surface area contributed by atoms with Crippen molar-refractivity contribution in [2.24, 2.45) is 5.92 Å². The molecule has 1 unspecified atom stereocenters. The number of urea groups is 1. The van der Waals surface area contributed by atoms with Gasteiger partial charge in [0.1, 0.15) is 5.54 Å². The summed E-state index contributed by atoms with van der Waals surface area (Å²) in [6, 6.07) is -0.325. The van der Waals surface area contributed by atoms with E-state index >= 15 is 0 Å². The van der Waals surface area contributed by atoms with E-state index in [1.807, 2.05) is 13.8 Å². The highest BCUT2D eigenvalue weighted by Gasteiger charge is 2.48. The van der Waals surface area contributed by atoms with Gasteiger partial charge in [-0.3, -0.25) is 4.68 Å². The number of aliphatic carboxylic acids is 1. The molecule has 0 aromatic carbocycles. The van der Waals surface area contributed by atoms with Crippen molar-refractivity contribution in [2.45, 2.75) is 45.2 Å². The van der Waals surface area contributed by atoms with Crippen LogP contribution in [0.4, 0.5) is 10.5 Å². The minimum atomic E-state index is -1.21. The Morgan fingerprint density at radius 3 is 2.60 bits per heavy atom. The zero-order valence-electron chi connectivity index (χ0n) is 11.9. The third kappa shape index (κ3) is 2.92. The second-order valence-electron chi connectivity index (χ2n) is 5.66. The molecule has 1 aliphatic carbocycles. The molecule has 7 nitrogen and oxygen atoms in total. The average Bonchev–Trinajstić information content (AvgIpc) is 3.10. The van der Waals surface area contributed by atoms with Crippen molar-refractivity contribution in [1.82, 2.24) is 15.1 Å².